The minimum Gasteiger partial charge on any atom is -0.399 e. The van der Waals surface area contributed by atoms with Crippen LogP contribution in [0, 0.1) is 6.92 Å². The summed E-state index contributed by atoms with van der Waals surface area (Å²) in [6.07, 6.45) is 1.41. The van der Waals surface area contributed by atoms with Crippen molar-refractivity contribution in [2.75, 3.05) is 17.2 Å². The quantitative estimate of drug-likeness (QED) is 0.829. The Balaban J connectivity index is 2.01. The normalized spacial score (nSPS) is 21.3. The first-order chi connectivity index (χ1) is 9.96. The Kier molecular flexibility index (Phi) is 3.40. The Bertz CT molecular complexity index is 769. The van der Waals surface area contributed by atoms with E-state index in [0.717, 1.165) is 17.5 Å². The first-order valence-electron chi connectivity index (χ1n) is 6.81. The maximum atomic E-state index is 11.8. The highest BCUT2D eigenvalue weighted by molar-refractivity contribution is 7.91. The van der Waals surface area contributed by atoms with Crippen molar-refractivity contribution in [3.63, 3.8) is 0 Å². The zero-order valence-electron chi connectivity index (χ0n) is 11.7. The molecule has 0 radical (unpaired) electrons. The Hall–Kier alpha value is -1.96. The molecule has 1 aromatic heterocycles. The van der Waals surface area contributed by atoms with Gasteiger partial charge in [-0.2, -0.15) is 0 Å². The summed E-state index contributed by atoms with van der Waals surface area (Å²) in [5.74, 6) is 0.940. The van der Waals surface area contributed by atoms with E-state index in [0.29, 0.717) is 17.9 Å². The van der Waals surface area contributed by atoms with E-state index in [1.807, 2.05) is 19.1 Å². The van der Waals surface area contributed by atoms with E-state index in [1.54, 1.807) is 10.7 Å². The number of nitrogen functional groups attached to an aromatic ring is 1. The van der Waals surface area contributed by atoms with E-state index in [9.17, 15) is 8.42 Å². The Morgan fingerprint density at radius 1 is 1.38 bits per heavy atom. The third-order valence-electron chi connectivity index (χ3n) is 3.77. The summed E-state index contributed by atoms with van der Waals surface area (Å²) in [7, 11) is -3.01. The van der Waals surface area contributed by atoms with Crippen molar-refractivity contribution in [3.8, 4) is 11.4 Å². The van der Waals surface area contributed by atoms with Crippen LogP contribution in [0.4, 0.5) is 5.69 Å². The molecule has 2 aromatic rings. The molecule has 1 fully saturated rings. The molecule has 2 N–H and O–H groups in total. The second kappa shape index (κ2) is 5.10. The van der Waals surface area contributed by atoms with Crippen molar-refractivity contribution >= 4 is 15.5 Å². The monoisotopic (exact) mass is 307 g/mol. The summed E-state index contributed by atoms with van der Waals surface area (Å²) in [4.78, 5) is 0. The molecule has 1 atom stereocenters. The minimum absolute atomic E-state index is 0.0963. The number of hydrogen-bond donors (Lipinski definition) is 1. The molecule has 0 bridgehead atoms. The van der Waals surface area contributed by atoms with E-state index in [-0.39, 0.29) is 17.5 Å². The number of tetrazole rings is 1. The highest BCUT2D eigenvalue weighted by Gasteiger charge is 2.29. The number of nitrogens with zero attached hydrogens (tertiary/aromatic N) is 4. The minimum atomic E-state index is -3.01. The second-order valence-electron chi connectivity index (χ2n) is 5.43. The predicted octanol–water partition coefficient (Wildman–Crippen LogP) is 0.980. The molecule has 7 nitrogen and oxygen atoms in total. The first-order valence-corrected chi connectivity index (χ1v) is 8.63. The van der Waals surface area contributed by atoms with Gasteiger partial charge in [0.05, 0.1) is 17.5 Å². The van der Waals surface area contributed by atoms with Crippen LogP contribution in [0.3, 0.4) is 0 Å². The number of aromatic nitrogens is 4. The predicted molar refractivity (Wildman–Crippen MR) is 79.3 cm³/mol. The van der Waals surface area contributed by atoms with Gasteiger partial charge >= 0.3 is 0 Å². The van der Waals surface area contributed by atoms with Gasteiger partial charge in [0.15, 0.2) is 15.7 Å². The molecular formula is C13H17N5O2S. The number of benzene rings is 1. The third-order valence-corrected chi connectivity index (χ3v) is 5.57. The largest absolute Gasteiger partial charge is 0.399 e. The lowest BCUT2D eigenvalue weighted by molar-refractivity contribution is 0.429. The first kappa shape index (κ1) is 14.0. The van der Waals surface area contributed by atoms with Gasteiger partial charge in [-0.25, -0.2) is 13.1 Å². The summed E-state index contributed by atoms with van der Waals surface area (Å²) in [5, 5.41) is 11.8. The summed E-state index contributed by atoms with van der Waals surface area (Å²) in [6.45, 7) is 1.93. The topological polar surface area (TPSA) is 104 Å². The van der Waals surface area contributed by atoms with Crippen molar-refractivity contribution in [2.24, 2.45) is 0 Å². The van der Waals surface area contributed by atoms with Crippen molar-refractivity contribution in [1.29, 1.82) is 0 Å². The van der Waals surface area contributed by atoms with Crippen molar-refractivity contribution < 1.29 is 8.42 Å². The average molecular weight is 307 g/mol. The van der Waals surface area contributed by atoms with E-state index >= 15 is 0 Å². The molecule has 1 aromatic carbocycles. The summed E-state index contributed by atoms with van der Waals surface area (Å²) in [5.41, 5.74) is 8.27. The van der Waals surface area contributed by atoms with E-state index in [4.69, 9.17) is 5.73 Å². The molecule has 1 aliphatic rings. The SMILES string of the molecule is Cc1cc(N)ccc1-c1nnnn1C1CCCS(=O)(=O)C1. The maximum absolute atomic E-state index is 11.8. The fourth-order valence-electron chi connectivity index (χ4n) is 2.75. The second-order valence-corrected chi connectivity index (χ2v) is 7.66. The number of aryl methyl sites for hydroxylation is 1. The van der Waals surface area contributed by atoms with Crippen LogP contribution >= 0.6 is 0 Å². The van der Waals surface area contributed by atoms with Gasteiger partial charge in [0.25, 0.3) is 0 Å². The van der Waals surface area contributed by atoms with Crippen LogP contribution in [0.15, 0.2) is 18.2 Å². The van der Waals surface area contributed by atoms with Crippen molar-refractivity contribution in [1.82, 2.24) is 20.2 Å². The summed E-state index contributed by atoms with van der Waals surface area (Å²) in [6, 6.07) is 5.31. The molecule has 0 amide bonds. The molecule has 2 heterocycles. The maximum Gasteiger partial charge on any atom is 0.182 e. The van der Waals surface area contributed by atoms with E-state index < -0.39 is 9.84 Å². The summed E-state index contributed by atoms with van der Waals surface area (Å²) >= 11 is 0. The third kappa shape index (κ3) is 2.76. The molecule has 3 rings (SSSR count). The molecule has 21 heavy (non-hydrogen) atoms. The fourth-order valence-corrected chi connectivity index (χ4v) is 4.41. The molecule has 112 valence electrons. The average Bonchev–Trinajstić information content (AvgIpc) is 2.86. The summed E-state index contributed by atoms with van der Waals surface area (Å²) < 4.78 is 25.3. The zero-order chi connectivity index (χ0) is 15.0. The van der Waals surface area contributed by atoms with Gasteiger partial charge in [0, 0.05) is 11.3 Å². The number of sulfone groups is 1. The van der Waals surface area contributed by atoms with Gasteiger partial charge in [0.2, 0.25) is 0 Å². The van der Waals surface area contributed by atoms with Gasteiger partial charge in [0.1, 0.15) is 0 Å². The fraction of sp³-hybridized carbons (Fsp3) is 0.462. The van der Waals surface area contributed by atoms with Gasteiger partial charge in [-0.3, -0.25) is 0 Å². The number of rotatable bonds is 2. The molecule has 8 heteroatoms. The molecule has 0 spiro atoms. The van der Waals surface area contributed by atoms with Gasteiger partial charge in [-0.1, -0.05) is 0 Å². The van der Waals surface area contributed by atoms with Crippen LogP contribution in [0.5, 0.6) is 0 Å². The van der Waals surface area contributed by atoms with E-state index in [2.05, 4.69) is 15.5 Å². The number of hydrogen-bond acceptors (Lipinski definition) is 6. The van der Waals surface area contributed by atoms with Gasteiger partial charge < -0.3 is 5.73 Å². The van der Waals surface area contributed by atoms with Crippen LogP contribution in [0.1, 0.15) is 24.4 Å². The zero-order valence-corrected chi connectivity index (χ0v) is 12.5. The van der Waals surface area contributed by atoms with Gasteiger partial charge in [-0.15, -0.1) is 5.10 Å². The molecule has 1 saturated heterocycles. The Morgan fingerprint density at radius 3 is 2.90 bits per heavy atom. The standard InChI is InChI=1S/C13H17N5O2S/c1-9-7-10(14)4-5-12(9)13-15-16-17-18(13)11-3-2-6-21(19,20)8-11/h4-5,7,11H,2-3,6,8,14H2,1H3. The lowest BCUT2D eigenvalue weighted by atomic mass is 10.1. The smallest absolute Gasteiger partial charge is 0.182 e. The number of nitrogens with two attached hydrogens (primary N) is 1. The molecular weight excluding hydrogens is 290 g/mol. The van der Waals surface area contributed by atoms with E-state index in [1.165, 1.54) is 0 Å². The van der Waals surface area contributed by atoms with Crippen LogP contribution in [-0.4, -0.2) is 40.1 Å². The van der Waals surface area contributed by atoms with Crippen LogP contribution in [0.25, 0.3) is 11.4 Å². The molecule has 0 aliphatic carbocycles. The molecule has 1 aliphatic heterocycles. The van der Waals surface area contributed by atoms with Gasteiger partial charge in [-0.05, 0) is 54.0 Å². The lowest BCUT2D eigenvalue weighted by Gasteiger charge is -2.22. The van der Waals surface area contributed by atoms with Crippen LogP contribution < -0.4 is 5.73 Å². The highest BCUT2D eigenvalue weighted by Crippen LogP contribution is 2.28. The Labute approximate surface area is 123 Å². The van der Waals surface area contributed by atoms with Crippen LogP contribution in [0.2, 0.25) is 0 Å². The highest BCUT2D eigenvalue weighted by atomic mass is 32.2. The molecule has 1 unspecified atom stereocenters. The lowest BCUT2D eigenvalue weighted by Crippen LogP contribution is -2.28. The number of anilines is 1. The van der Waals surface area contributed by atoms with Crippen molar-refractivity contribution in [3.05, 3.63) is 23.8 Å². The molecule has 0 saturated carbocycles. The van der Waals surface area contributed by atoms with Crippen LogP contribution in [-0.2, 0) is 9.84 Å². The van der Waals surface area contributed by atoms with Crippen molar-refractivity contribution in [2.45, 2.75) is 25.8 Å². The Morgan fingerprint density at radius 2 is 2.19 bits per heavy atom.